The van der Waals surface area contributed by atoms with Gasteiger partial charge in [0, 0.05) is 32.7 Å². The Balaban J connectivity index is 0.00000106. The molecule has 92 valence electrons. The lowest BCUT2D eigenvalue weighted by Gasteiger charge is -2.27. The average Bonchev–Trinajstić information content (AvgIpc) is 2.38. The van der Waals surface area contributed by atoms with E-state index in [1.54, 1.807) is 0 Å². The van der Waals surface area contributed by atoms with Crippen molar-refractivity contribution < 1.29 is 0 Å². The Hall–Kier alpha value is -0.860. The van der Waals surface area contributed by atoms with Crippen LogP contribution < -0.4 is 5.32 Å². The molecule has 0 aliphatic carbocycles. The van der Waals surface area contributed by atoms with E-state index in [0.29, 0.717) is 0 Å². The fourth-order valence-electron chi connectivity index (χ4n) is 1.53. The molecular weight excluding hydrogens is 196 g/mol. The Morgan fingerprint density at radius 1 is 1.31 bits per heavy atom. The van der Waals surface area contributed by atoms with Crippen LogP contribution in [0.15, 0.2) is 36.5 Å². The molecule has 0 spiro atoms. The van der Waals surface area contributed by atoms with Gasteiger partial charge in [0.1, 0.15) is 0 Å². The molecule has 0 bridgehead atoms. The van der Waals surface area contributed by atoms with Gasteiger partial charge in [-0.25, -0.2) is 0 Å². The van der Waals surface area contributed by atoms with Gasteiger partial charge in [-0.15, -0.1) is 0 Å². The Bertz CT molecular complexity index is 223. The first-order chi connectivity index (χ1) is 7.86. The molecule has 1 fully saturated rings. The Morgan fingerprint density at radius 2 is 1.94 bits per heavy atom. The van der Waals surface area contributed by atoms with Gasteiger partial charge in [-0.05, 0) is 12.5 Å². The zero-order valence-corrected chi connectivity index (χ0v) is 11.0. The SMILES string of the molecule is C=C/C(=C\C=C/C)CN1CCNCC1.CC. The second kappa shape index (κ2) is 10.7. The molecule has 2 nitrogen and oxygen atoms in total. The van der Waals surface area contributed by atoms with E-state index < -0.39 is 0 Å². The first-order valence-corrected chi connectivity index (χ1v) is 6.24. The molecule has 1 heterocycles. The molecule has 0 aromatic rings. The molecule has 0 unspecified atom stereocenters. The van der Waals surface area contributed by atoms with Crippen molar-refractivity contribution in [2.45, 2.75) is 20.8 Å². The molecule has 0 radical (unpaired) electrons. The normalized spacial score (nSPS) is 18.1. The smallest absolute Gasteiger partial charge is 0.0234 e. The molecule has 0 aromatic heterocycles. The second-order valence-corrected chi connectivity index (χ2v) is 3.50. The largest absolute Gasteiger partial charge is 0.314 e. The molecule has 1 N–H and O–H groups in total. The average molecular weight is 222 g/mol. The minimum absolute atomic E-state index is 1.02. The van der Waals surface area contributed by atoms with Crippen LogP contribution in [0.5, 0.6) is 0 Å². The molecule has 0 amide bonds. The van der Waals surface area contributed by atoms with Crippen LogP contribution in [0.2, 0.25) is 0 Å². The van der Waals surface area contributed by atoms with Crippen LogP contribution in [0.25, 0.3) is 0 Å². The van der Waals surface area contributed by atoms with Crippen molar-refractivity contribution in [3.05, 3.63) is 36.5 Å². The van der Waals surface area contributed by atoms with E-state index in [2.05, 4.69) is 28.9 Å². The zero-order chi connectivity index (χ0) is 12.2. The first-order valence-electron chi connectivity index (χ1n) is 6.24. The fraction of sp³-hybridized carbons (Fsp3) is 0.571. The van der Waals surface area contributed by atoms with E-state index in [1.807, 2.05) is 32.9 Å². The first kappa shape index (κ1) is 15.1. The Morgan fingerprint density at radius 3 is 2.44 bits per heavy atom. The topological polar surface area (TPSA) is 15.3 Å². The van der Waals surface area contributed by atoms with Gasteiger partial charge in [0.15, 0.2) is 0 Å². The standard InChI is InChI=1S/C12H20N2.C2H6/c1-3-5-6-12(4-2)11-14-9-7-13-8-10-14;1-2/h3-6,13H,2,7-11H2,1H3;1-2H3/b5-3-,12-6+;. The van der Waals surface area contributed by atoms with E-state index in [1.165, 1.54) is 5.57 Å². The van der Waals surface area contributed by atoms with Crippen molar-refractivity contribution >= 4 is 0 Å². The molecule has 1 aliphatic rings. The third-order valence-electron chi connectivity index (χ3n) is 2.38. The molecule has 0 atom stereocenters. The van der Waals surface area contributed by atoms with Gasteiger partial charge >= 0.3 is 0 Å². The van der Waals surface area contributed by atoms with Crippen molar-refractivity contribution in [3.63, 3.8) is 0 Å². The lowest BCUT2D eigenvalue weighted by atomic mass is 10.2. The highest BCUT2D eigenvalue weighted by Gasteiger charge is 2.09. The summed E-state index contributed by atoms with van der Waals surface area (Å²) in [5.41, 5.74) is 1.30. The summed E-state index contributed by atoms with van der Waals surface area (Å²) in [5.74, 6) is 0. The third-order valence-corrected chi connectivity index (χ3v) is 2.38. The molecule has 16 heavy (non-hydrogen) atoms. The number of nitrogens with one attached hydrogen (secondary N) is 1. The molecule has 2 heteroatoms. The Kier molecular flexibility index (Phi) is 10.1. The van der Waals surface area contributed by atoms with Gasteiger partial charge in [-0.2, -0.15) is 0 Å². The van der Waals surface area contributed by atoms with Crippen molar-refractivity contribution in [3.8, 4) is 0 Å². The lowest BCUT2D eigenvalue weighted by Crippen LogP contribution is -2.44. The van der Waals surface area contributed by atoms with Crippen molar-refractivity contribution in [1.29, 1.82) is 0 Å². The van der Waals surface area contributed by atoms with Crippen LogP contribution in [0, 0.1) is 0 Å². The summed E-state index contributed by atoms with van der Waals surface area (Å²) < 4.78 is 0. The van der Waals surface area contributed by atoms with Crippen molar-refractivity contribution in [2.75, 3.05) is 32.7 Å². The second-order valence-electron chi connectivity index (χ2n) is 3.50. The van der Waals surface area contributed by atoms with E-state index in [-0.39, 0.29) is 0 Å². The molecule has 0 aromatic carbocycles. The molecule has 1 aliphatic heterocycles. The van der Waals surface area contributed by atoms with Crippen molar-refractivity contribution in [2.24, 2.45) is 0 Å². The van der Waals surface area contributed by atoms with Crippen LogP contribution in [-0.2, 0) is 0 Å². The molecular formula is C14H26N2. The van der Waals surface area contributed by atoms with Crippen LogP contribution in [0.3, 0.4) is 0 Å². The maximum absolute atomic E-state index is 3.83. The highest BCUT2D eigenvalue weighted by molar-refractivity contribution is 5.23. The van der Waals surface area contributed by atoms with Gasteiger partial charge in [0.2, 0.25) is 0 Å². The summed E-state index contributed by atoms with van der Waals surface area (Å²) in [5, 5.41) is 3.35. The maximum atomic E-state index is 3.83. The zero-order valence-electron chi connectivity index (χ0n) is 11.0. The van der Waals surface area contributed by atoms with Crippen LogP contribution in [0.1, 0.15) is 20.8 Å². The summed E-state index contributed by atoms with van der Waals surface area (Å²) in [4.78, 5) is 2.45. The number of nitrogens with zero attached hydrogens (tertiary/aromatic N) is 1. The van der Waals surface area contributed by atoms with Gasteiger partial charge in [0.05, 0.1) is 0 Å². The van der Waals surface area contributed by atoms with Gasteiger partial charge < -0.3 is 5.32 Å². The van der Waals surface area contributed by atoms with E-state index >= 15 is 0 Å². The predicted molar refractivity (Wildman–Crippen MR) is 73.8 cm³/mol. The van der Waals surface area contributed by atoms with Gasteiger partial charge in [0.25, 0.3) is 0 Å². The highest BCUT2D eigenvalue weighted by Crippen LogP contribution is 2.02. The summed E-state index contributed by atoms with van der Waals surface area (Å²) >= 11 is 0. The number of hydrogen-bond acceptors (Lipinski definition) is 2. The predicted octanol–water partition coefficient (Wildman–Crippen LogP) is 2.61. The number of piperazine rings is 1. The number of hydrogen-bond donors (Lipinski definition) is 1. The van der Waals surface area contributed by atoms with Gasteiger partial charge in [-0.1, -0.05) is 44.7 Å². The number of rotatable bonds is 4. The minimum atomic E-state index is 1.02. The van der Waals surface area contributed by atoms with E-state index in [0.717, 1.165) is 32.7 Å². The quantitative estimate of drug-likeness (QED) is 0.736. The number of allylic oxidation sites excluding steroid dienone is 3. The van der Waals surface area contributed by atoms with Crippen LogP contribution in [0.4, 0.5) is 0 Å². The maximum Gasteiger partial charge on any atom is 0.0234 e. The van der Waals surface area contributed by atoms with Gasteiger partial charge in [-0.3, -0.25) is 4.90 Å². The molecule has 1 saturated heterocycles. The molecule has 0 saturated carbocycles. The van der Waals surface area contributed by atoms with Crippen LogP contribution >= 0.6 is 0 Å². The van der Waals surface area contributed by atoms with E-state index in [4.69, 9.17) is 0 Å². The minimum Gasteiger partial charge on any atom is -0.314 e. The third kappa shape index (κ3) is 6.59. The van der Waals surface area contributed by atoms with E-state index in [9.17, 15) is 0 Å². The van der Waals surface area contributed by atoms with Crippen molar-refractivity contribution in [1.82, 2.24) is 10.2 Å². The van der Waals surface area contributed by atoms with Crippen LogP contribution in [-0.4, -0.2) is 37.6 Å². The Labute approximate surface area is 101 Å². The summed E-state index contributed by atoms with van der Waals surface area (Å²) in [6.07, 6.45) is 8.19. The molecule has 1 rings (SSSR count). The fourth-order valence-corrected chi connectivity index (χ4v) is 1.53. The monoisotopic (exact) mass is 222 g/mol. The lowest BCUT2D eigenvalue weighted by molar-refractivity contribution is 0.261. The summed E-state index contributed by atoms with van der Waals surface area (Å²) in [7, 11) is 0. The summed E-state index contributed by atoms with van der Waals surface area (Å²) in [6.45, 7) is 15.4. The highest BCUT2D eigenvalue weighted by atomic mass is 15.2. The summed E-state index contributed by atoms with van der Waals surface area (Å²) in [6, 6.07) is 0.